The lowest BCUT2D eigenvalue weighted by molar-refractivity contribution is 0.0285. The molecule has 3 nitrogen and oxygen atoms in total. The Balaban J connectivity index is 2.51. The minimum Gasteiger partial charge on any atom is -0.444 e. The van der Waals surface area contributed by atoms with E-state index in [0.29, 0.717) is 11.8 Å². The highest BCUT2D eigenvalue weighted by Crippen LogP contribution is 2.27. The van der Waals surface area contributed by atoms with Crippen molar-refractivity contribution in [1.29, 1.82) is 0 Å². The number of rotatable bonds is 2. The monoisotopic (exact) mass is 225 g/mol. The smallest absolute Gasteiger partial charge is 0.410 e. The number of nitrogens with zero attached hydrogens (tertiary/aromatic N) is 1. The fourth-order valence-electron chi connectivity index (χ4n) is 2.03. The molecule has 0 aromatic carbocycles. The highest BCUT2D eigenvalue weighted by Gasteiger charge is 2.33. The van der Waals surface area contributed by atoms with Crippen molar-refractivity contribution in [3.63, 3.8) is 0 Å². The average molecular weight is 225 g/mol. The molecule has 0 saturated carbocycles. The van der Waals surface area contributed by atoms with Crippen LogP contribution in [0.3, 0.4) is 0 Å². The van der Waals surface area contributed by atoms with Crippen LogP contribution in [-0.4, -0.2) is 29.7 Å². The van der Waals surface area contributed by atoms with Crippen molar-refractivity contribution in [3.05, 3.63) is 12.7 Å². The van der Waals surface area contributed by atoms with Crippen molar-refractivity contribution in [3.8, 4) is 0 Å². The zero-order valence-electron chi connectivity index (χ0n) is 10.8. The summed E-state index contributed by atoms with van der Waals surface area (Å²) < 4.78 is 5.36. The largest absolute Gasteiger partial charge is 0.444 e. The number of carbonyl (C=O) groups is 1. The lowest BCUT2D eigenvalue weighted by atomic mass is 9.95. The topological polar surface area (TPSA) is 29.5 Å². The molecule has 1 amide bonds. The Labute approximate surface area is 98.5 Å². The number of likely N-dealkylation sites (tertiary alicyclic amines) is 1. The predicted octanol–water partition coefficient (Wildman–Crippen LogP) is 3.07. The Morgan fingerprint density at radius 1 is 1.50 bits per heavy atom. The third kappa shape index (κ3) is 3.54. The van der Waals surface area contributed by atoms with Gasteiger partial charge in [0.1, 0.15) is 5.60 Å². The van der Waals surface area contributed by atoms with Gasteiger partial charge < -0.3 is 9.64 Å². The number of hydrogen-bond donors (Lipinski definition) is 0. The summed E-state index contributed by atoms with van der Waals surface area (Å²) in [5.74, 6) is 1.07. The molecule has 0 N–H and O–H groups in total. The zero-order chi connectivity index (χ0) is 12.3. The van der Waals surface area contributed by atoms with E-state index >= 15 is 0 Å². The van der Waals surface area contributed by atoms with Gasteiger partial charge in [0.2, 0.25) is 0 Å². The van der Waals surface area contributed by atoms with Crippen LogP contribution >= 0.6 is 0 Å². The van der Waals surface area contributed by atoms with E-state index in [1.54, 1.807) is 0 Å². The van der Waals surface area contributed by atoms with Gasteiger partial charge in [-0.2, -0.15) is 0 Å². The van der Waals surface area contributed by atoms with Gasteiger partial charge in [0.15, 0.2) is 0 Å². The summed E-state index contributed by atoms with van der Waals surface area (Å²) in [7, 11) is 0. The van der Waals surface area contributed by atoms with Crippen LogP contribution in [0.1, 0.15) is 34.1 Å². The van der Waals surface area contributed by atoms with E-state index in [1.807, 2.05) is 31.7 Å². The normalized spacial score (nSPS) is 25.6. The molecule has 0 aromatic rings. The molecule has 1 aliphatic heterocycles. The third-order valence-electron chi connectivity index (χ3n) is 2.89. The lowest BCUT2D eigenvalue weighted by Gasteiger charge is -2.24. The molecule has 1 rings (SSSR count). The molecule has 0 bridgehead atoms. The minimum absolute atomic E-state index is 0.189. The van der Waals surface area contributed by atoms with Crippen LogP contribution in [0.2, 0.25) is 0 Å². The fraction of sp³-hybridized carbons (Fsp3) is 0.769. The molecule has 0 aromatic heterocycles. The Kier molecular flexibility index (Phi) is 4.00. The first-order valence-corrected chi connectivity index (χ1v) is 5.92. The molecular formula is C13H23NO2. The van der Waals surface area contributed by atoms with Gasteiger partial charge in [-0.25, -0.2) is 4.79 Å². The first-order chi connectivity index (χ1) is 7.33. The Hall–Kier alpha value is -0.990. The summed E-state index contributed by atoms with van der Waals surface area (Å²) >= 11 is 0. The molecule has 92 valence electrons. The fourth-order valence-corrected chi connectivity index (χ4v) is 2.03. The van der Waals surface area contributed by atoms with Crippen LogP contribution in [0.4, 0.5) is 4.79 Å². The van der Waals surface area contributed by atoms with Crippen LogP contribution in [0, 0.1) is 11.8 Å². The Morgan fingerprint density at radius 3 is 2.62 bits per heavy atom. The molecule has 1 aliphatic rings. The molecule has 0 unspecified atom stereocenters. The molecule has 3 heteroatoms. The summed E-state index contributed by atoms with van der Waals surface area (Å²) in [5, 5.41) is 0. The Morgan fingerprint density at radius 2 is 2.12 bits per heavy atom. The van der Waals surface area contributed by atoms with E-state index in [2.05, 4.69) is 13.5 Å². The number of hydrogen-bond acceptors (Lipinski definition) is 2. The number of ether oxygens (including phenoxy) is 1. The number of carbonyl (C=O) groups excluding carboxylic acids is 1. The van der Waals surface area contributed by atoms with Crippen molar-refractivity contribution in [2.24, 2.45) is 11.8 Å². The second-order valence-electron chi connectivity index (χ2n) is 5.65. The molecular weight excluding hydrogens is 202 g/mol. The van der Waals surface area contributed by atoms with E-state index in [0.717, 1.165) is 19.5 Å². The predicted molar refractivity (Wildman–Crippen MR) is 65.3 cm³/mol. The van der Waals surface area contributed by atoms with Gasteiger partial charge in [-0.05, 0) is 39.0 Å². The van der Waals surface area contributed by atoms with E-state index in [4.69, 9.17) is 4.74 Å². The van der Waals surface area contributed by atoms with Gasteiger partial charge in [0, 0.05) is 13.1 Å². The first kappa shape index (κ1) is 13.1. The molecule has 16 heavy (non-hydrogen) atoms. The second kappa shape index (κ2) is 4.89. The molecule has 1 heterocycles. The SMILES string of the molecule is C=CC[C@H]1CN(C(=O)OC(C)(C)C)C[C@@H]1C. The van der Waals surface area contributed by atoms with Crippen molar-refractivity contribution in [1.82, 2.24) is 4.90 Å². The van der Waals surface area contributed by atoms with Gasteiger partial charge in [0.25, 0.3) is 0 Å². The van der Waals surface area contributed by atoms with Gasteiger partial charge in [0.05, 0.1) is 0 Å². The molecule has 0 spiro atoms. The maximum Gasteiger partial charge on any atom is 0.410 e. The third-order valence-corrected chi connectivity index (χ3v) is 2.89. The van der Waals surface area contributed by atoms with Gasteiger partial charge in [-0.15, -0.1) is 6.58 Å². The van der Waals surface area contributed by atoms with Crippen molar-refractivity contribution >= 4 is 6.09 Å². The maximum atomic E-state index is 11.8. The van der Waals surface area contributed by atoms with Crippen LogP contribution in [0.25, 0.3) is 0 Å². The van der Waals surface area contributed by atoms with E-state index in [1.165, 1.54) is 0 Å². The maximum absolute atomic E-state index is 11.8. The van der Waals surface area contributed by atoms with Crippen LogP contribution in [0.15, 0.2) is 12.7 Å². The summed E-state index contributed by atoms with van der Waals surface area (Å²) in [4.78, 5) is 13.6. The molecule has 2 atom stereocenters. The first-order valence-electron chi connectivity index (χ1n) is 5.92. The van der Waals surface area contributed by atoms with Gasteiger partial charge in [-0.3, -0.25) is 0 Å². The Bertz CT molecular complexity index is 268. The van der Waals surface area contributed by atoms with Crippen LogP contribution in [-0.2, 0) is 4.74 Å². The summed E-state index contributed by atoms with van der Waals surface area (Å²) in [6, 6.07) is 0. The van der Waals surface area contributed by atoms with E-state index in [9.17, 15) is 4.79 Å². The standard InChI is InChI=1S/C13H23NO2/c1-6-7-11-9-14(8-10(11)2)12(15)16-13(3,4)5/h6,10-11H,1,7-9H2,2-5H3/t10-,11-/m0/s1. The summed E-state index contributed by atoms with van der Waals surface area (Å²) in [6.45, 7) is 13.2. The highest BCUT2D eigenvalue weighted by atomic mass is 16.6. The lowest BCUT2D eigenvalue weighted by Crippen LogP contribution is -2.35. The van der Waals surface area contributed by atoms with Crippen molar-refractivity contribution < 1.29 is 9.53 Å². The van der Waals surface area contributed by atoms with Crippen molar-refractivity contribution in [2.75, 3.05) is 13.1 Å². The average Bonchev–Trinajstić information content (AvgIpc) is 2.46. The quantitative estimate of drug-likeness (QED) is 0.676. The van der Waals surface area contributed by atoms with Crippen LogP contribution in [0.5, 0.6) is 0 Å². The summed E-state index contributed by atoms with van der Waals surface area (Å²) in [6.07, 6.45) is 2.71. The second-order valence-corrected chi connectivity index (χ2v) is 5.65. The minimum atomic E-state index is -0.406. The number of allylic oxidation sites excluding steroid dienone is 1. The molecule has 1 saturated heterocycles. The zero-order valence-corrected chi connectivity index (χ0v) is 10.8. The molecule has 0 radical (unpaired) electrons. The van der Waals surface area contributed by atoms with Crippen molar-refractivity contribution in [2.45, 2.75) is 39.7 Å². The van der Waals surface area contributed by atoms with E-state index < -0.39 is 5.60 Å². The van der Waals surface area contributed by atoms with Gasteiger partial charge >= 0.3 is 6.09 Å². The van der Waals surface area contributed by atoms with E-state index in [-0.39, 0.29) is 6.09 Å². The van der Waals surface area contributed by atoms with Gasteiger partial charge in [-0.1, -0.05) is 13.0 Å². The highest BCUT2D eigenvalue weighted by molar-refractivity contribution is 5.68. The number of amides is 1. The molecule has 1 fully saturated rings. The summed E-state index contributed by atoms with van der Waals surface area (Å²) in [5.41, 5.74) is -0.406. The molecule has 0 aliphatic carbocycles. The van der Waals surface area contributed by atoms with Crippen LogP contribution < -0.4 is 0 Å².